The van der Waals surface area contributed by atoms with Crippen molar-refractivity contribution < 1.29 is 9.47 Å². The first-order valence-corrected chi connectivity index (χ1v) is 7.88. The fourth-order valence-electron chi connectivity index (χ4n) is 3.11. The lowest BCUT2D eigenvalue weighted by Crippen LogP contribution is -2.43. The molecule has 2 aromatic heterocycles. The first-order valence-electron chi connectivity index (χ1n) is 7.88. The van der Waals surface area contributed by atoms with E-state index >= 15 is 0 Å². The van der Waals surface area contributed by atoms with E-state index in [0.717, 1.165) is 36.4 Å². The lowest BCUT2D eigenvalue weighted by molar-refractivity contribution is -0.109. The highest BCUT2D eigenvalue weighted by atomic mass is 16.5. The minimum Gasteiger partial charge on any atom is -0.497 e. The lowest BCUT2D eigenvalue weighted by atomic mass is 9.88. The summed E-state index contributed by atoms with van der Waals surface area (Å²) >= 11 is 0. The molecule has 124 valence electrons. The van der Waals surface area contributed by atoms with Gasteiger partial charge in [-0.05, 0) is 24.3 Å². The largest absolute Gasteiger partial charge is 0.497 e. The summed E-state index contributed by atoms with van der Waals surface area (Å²) in [7, 11) is 1.63. The molecule has 0 aliphatic carbocycles. The summed E-state index contributed by atoms with van der Waals surface area (Å²) in [4.78, 5) is 19.9. The molecule has 1 N–H and O–H groups in total. The molecule has 1 fully saturated rings. The third-order valence-electron chi connectivity index (χ3n) is 4.46. The molecule has 1 aromatic carbocycles. The van der Waals surface area contributed by atoms with Crippen molar-refractivity contribution in [2.24, 2.45) is 5.41 Å². The van der Waals surface area contributed by atoms with Gasteiger partial charge in [0.1, 0.15) is 11.6 Å². The second kappa shape index (κ2) is 5.49. The number of rotatable bonds is 4. The van der Waals surface area contributed by atoms with Crippen molar-refractivity contribution in [3.05, 3.63) is 47.0 Å². The molecule has 0 unspecified atom stereocenters. The predicted octanol–water partition coefficient (Wildman–Crippen LogP) is 2.44. The number of aromatic nitrogens is 3. The number of hydrogen-bond acceptors (Lipinski definition) is 4. The van der Waals surface area contributed by atoms with Crippen LogP contribution in [0.4, 0.5) is 0 Å². The van der Waals surface area contributed by atoms with Gasteiger partial charge in [-0.15, -0.1) is 0 Å². The maximum Gasteiger partial charge on any atom is 0.259 e. The number of ether oxygens (including phenoxy) is 2. The standard InChI is InChI=1S/C18H19N3O3/c1-18(10-24-11-18)9-21-6-5-19-16(21)14-8-12-7-13(23-2)3-4-15(12)20-17(14)22/h3-8H,9-11H2,1-2H3,(H,20,22). The van der Waals surface area contributed by atoms with Gasteiger partial charge in [0.25, 0.3) is 5.56 Å². The van der Waals surface area contributed by atoms with Crippen LogP contribution in [0.3, 0.4) is 0 Å². The molecule has 0 bridgehead atoms. The molecule has 3 heterocycles. The molecule has 3 aromatic rings. The molecular formula is C18H19N3O3. The quantitative estimate of drug-likeness (QED) is 0.800. The van der Waals surface area contributed by atoms with Crippen LogP contribution in [0.2, 0.25) is 0 Å². The number of methoxy groups -OCH3 is 1. The molecule has 0 amide bonds. The summed E-state index contributed by atoms with van der Waals surface area (Å²) in [6.45, 7) is 4.42. The number of H-pyrrole nitrogens is 1. The molecular weight excluding hydrogens is 306 g/mol. The molecule has 1 aliphatic heterocycles. The Hall–Kier alpha value is -2.60. The lowest BCUT2D eigenvalue weighted by Gasteiger charge is -2.38. The van der Waals surface area contributed by atoms with Gasteiger partial charge in [-0.3, -0.25) is 4.79 Å². The normalized spacial score (nSPS) is 16.1. The minimum absolute atomic E-state index is 0.0995. The average molecular weight is 325 g/mol. The van der Waals surface area contributed by atoms with Gasteiger partial charge in [-0.2, -0.15) is 0 Å². The highest BCUT2D eigenvalue weighted by molar-refractivity contribution is 5.83. The van der Waals surface area contributed by atoms with Crippen LogP contribution in [-0.4, -0.2) is 34.9 Å². The molecule has 0 atom stereocenters. The summed E-state index contributed by atoms with van der Waals surface area (Å²) in [5, 5.41) is 0.914. The highest BCUT2D eigenvalue weighted by Gasteiger charge is 2.34. The minimum atomic E-state index is -0.143. The van der Waals surface area contributed by atoms with E-state index in [0.29, 0.717) is 11.4 Å². The first-order chi connectivity index (χ1) is 11.6. The topological polar surface area (TPSA) is 69.1 Å². The first kappa shape index (κ1) is 15.0. The van der Waals surface area contributed by atoms with Crippen molar-refractivity contribution in [1.29, 1.82) is 0 Å². The van der Waals surface area contributed by atoms with Crippen molar-refractivity contribution in [2.45, 2.75) is 13.5 Å². The number of pyridine rings is 1. The van der Waals surface area contributed by atoms with Crippen LogP contribution in [0.5, 0.6) is 5.75 Å². The van der Waals surface area contributed by atoms with Crippen molar-refractivity contribution in [3.8, 4) is 17.1 Å². The fourth-order valence-corrected chi connectivity index (χ4v) is 3.11. The van der Waals surface area contributed by atoms with Gasteiger partial charge < -0.3 is 19.0 Å². The Morgan fingerprint density at radius 1 is 1.38 bits per heavy atom. The fraction of sp³-hybridized carbons (Fsp3) is 0.333. The highest BCUT2D eigenvalue weighted by Crippen LogP contribution is 2.30. The third-order valence-corrected chi connectivity index (χ3v) is 4.46. The molecule has 1 aliphatic rings. The van der Waals surface area contributed by atoms with Crippen molar-refractivity contribution in [1.82, 2.24) is 14.5 Å². The Morgan fingerprint density at radius 3 is 2.92 bits per heavy atom. The summed E-state index contributed by atoms with van der Waals surface area (Å²) < 4.78 is 12.6. The van der Waals surface area contributed by atoms with Gasteiger partial charge >= 0.3 is 0 Å². The monoisotopic (exact) mass is 325 g/mol. The third kappa shape index (κ3) is 2.49. The second-order valence-electron chi connectivity index (χ2n) is 6.65. The maximum absolute atomic E-state index is 12.5. The van der Waals surface area contributed by atoms with Crippen LogP contribution in [0.15, 0.2) is 41.5 Å². The van der Waals surface area contributed by atoms with E-state index in [2.05, 4.69) is 16.9 Å². The molecule has 0 radical (unpaired) electrons. The number of aromatic amines is 1. The summed E-state index contributed by atoms with van der Waals surface area (Å²) in [5.74, 6) is 1.43. The zero-order chi connectivity index (χ0) is 16.7. The van der Waals surface area contributed by atoms with Gasteiger partial charge in [0.2, 0.25) is 0 Å². The molecule has 4 rings (SSSR count). The van der Waals surface area contributed by atoms with E-state index < -0.39 is 0 Å². The van der Waals surface area contributed by atoms with Crippen LogP contribution in [-0.2, 0) is 11.3 Å². The SMILES string of the molecule is COc1ccc2[nH]c(=O)c(-c3nccn3CC3(C)COC3)cc2c1. The number of nitrogens with zero attached hydrogens (tertiary/aromatic N) is 2. The summed E-state index contributed by atoms with van der Waals surface area (Å²) in [5.41, 5.74) is 1.30. The molecule has 24 heavy (non-hydrogen) atoms. The van der Waals surface area contributed by atoms with E-state index in [9.17, 15) is 4.79 Å². The van der Waals surface area contributed by atoms with Gasteiger partial charge in [0.15, 0.2) is 0 Å². The van der Waals surface area contributed by atoms with Gasteiger partial charge in [-0.1, -0.05) is 6.92 Å². The number of hydrogen-bond donors (Lipinski definition) is 1. The van der Waals surface area contributed by atoms with Gasteiger partial charge in [0, 0.05) is 35.3 Å². The van der Waals surface area contributed by atoms with Gasteiger partial charge in [-0.25, -0.2) is 4.98 Å². The number of imidazole rings is 1. The zero-order valence-electron chi connectivity index (χ0n) is 13.7. The predicted molar refractivity (Wildman–Crippen MR) is 91.3 cm³/mol. The zero-order valence-corrected chi connectivity index (χ0v) is 13.7. The summed E-state index contributed by atoms with van der Waals surface area (Å²) in [6.07, 6.45) is 3.64. The van der Waals surface area contributed by atoms with Crippen LogP contribution in [0.1, 0.15) is 6.92 Å². The Bertz CT molecular complexity index is 954. The van der Waals surface area contributed by atoms with E-state index in [1.807, 2.05) is 35.0 Å². The molecule has 1 saturated heterocycles. The van der Waals surface area contributed by atoms with Crippen molar-refractivity contribution in [2.75, 3.05) is 20.3 Å². The van der Waals surface area contributed by atoms with Crippen LogP contribution in [0.25, 0.3) is 22.3 Å². The van der Waals surface area contributed by atoms with Crippen LogP contribution in [0, 0.1) is 5.41 Å². The molecule has 0 spiro atoms. The van der Waals surface area contributed by atoms with E-state index in [4.69, 9.17) is 9.47 Å². The summed E-state index contributed by atoms with van der Waals surface area (Å²) in [6, 6.07) is 7.45. The maximum atomic E-state index is 12.5. The second-order valence-corrected chi connectivity index (χ2v) is 6.65. The molecule has 6 nitrogen and oxygen atoms in total. The van der Waals surface area contributed by atoms with E-state index in [-0.39, 0.29) is 11.0 Å². The Morgan fingerprint density at radius 2 is 2.21 bits per heavy atom. The van der Waals surface area contributed by atoms with E-state index in [1.165, 1.54) is 0 Å². The number of fused-ring (bicyclic) bond motifs is 1. The molecule has 6 heteroatoms. The number of benzene rings is 1. The van der Waals surface area contributed by atoms with Crippen LogP contribution >= 0.6 is 0 Å². The Labute approximate surface area is 139 Å². The average Bonchev–Trinajstić information content (AvgIpc) is 3.00. The smallest absolute Gasteiger partial charge is 0.259 e. The Balaban J connectivity index is 1.80. The Kier molecular flexibility index (Phi) is 3.42. The van der Waals surface area contributed by atoms with E-state index in [1.54, 1.807) is 13.3 Å². The van der Waals surface area contributed by atoms with Gasteiger partial charge in [0.05, 0.1) is 25.9 Å². The molecule has 0 saturated carbocycles. The van der Waals surface area contributed by atoms with Crippen molar-refractivity contribution >= 4 is 10.9 Å². The van der Waals surface area contributed by atoms with Crippen LogP contribution < -0.4 is 10.3 Å². The number of nitrogens with one attached hydrogen (secondary N) is 1. The van der Waals surface area contributed by atoms with Crippen molar-refractivity contribution in [3.63, 3.8) is 0 Å².